The van der Waals surface area contributed by atoms with E-state index >= 15 is 0 Å². The maximum absolute atomic E-state index is 12.7. The molecule has 0 aliphatic heterocycles. The zero-order valence-electron chi connectivity index (χ0n) is 16.0. The van der Waals surface area contributed by atoms with Gasteiger partial charge in [-0.05, 0) is 56.4 Å². The molecule has 1 aromatic carbocycles. The molecule has 0 saturated heterocycles. The number of benzene rings is 1. The summed E-state index contributed by atoms with van der Waals surface area (Å²) in [5.41, 5.74) is 4.27. The molecule has 0 aliphatic carbocycles. The SMILES string of the molecule is CCC(C)c1ccccc1NC(=O)C(C)Sc1nc(C)cc(C)c1C#N. The second-order valence-electron chi connectivity index (χ2n) is 6.52. The Morgan fingerprint density at radius 3 is 2.65 bits per heavy atom. The molecule has 0 spiro atoms. The number of nitrogens with one attached hydrogen (secondary N) is 1. The van der Waals surface area contributed by atoms with Gasteiger partial charge in [0.2, 0.25) is 5.91 Å². The van der Waals surface area contributed by atoms with E-state index in [4.69, 9.17) is 0 Å². The molecule has 0 aliphatic rings. The van der Waals surface area contributed by atoms with Crippen LogP contribution in [0.1, 0.15) is 55.5 Å². The molecule has 1 amide bonds. The average Bonchev–Trinajstić information content (AvgIpc) is 2.61. The van der Waals surface area contributed by atoms with E-state index in [0.29, 0.717) is 16.5 Å². The van der Waals surface area contributed by atoms with Crippen molar-refractivity contribution in [1.82, 2.24) is 4.98 Å². The maximum Gasteiger partial charge on any atom is 0.237 e. The molecular formula is C21H25N3OS. The van der Waals surface area contributed by atoms with Crippen LogP contribution >= 0.6 is 11.8 Å². The van der Waals surface area contributed by atoms with Gasteiger partial charge in [0.25, 0.3) is 0 Å². The predicted molar refractivity (Wildman–Crippen MR) is 108 cm³/mol. The predicted octanol–water partition coefficient (Wildman–Crippen LogP) is 5.20. The van der Waals surface area contributed by atoms with Gasteiger partial charge in [0, 0.05) is 11.4 Å². The summed E-state index contributed by atoms with van der Waals surface area (Å²) < 4.78 is 0. The molecule has 1 N–H and O–H groups in total. The number of para-hydroxylation sites is 1. The first-order valence-electron chi connectivity index (χ1n) is 8.82. The zero-order valence-corrected chi connectivity index (χ0v) is 16.8. The molecule has 4 nitrogen and oxygen atoms in total. The Bertz CT molecular complexity index is 842. The molecule has 5 heteroatoms. The monoisotopic (exact) mass is 367 g/mol. The molecule has 2 unspecified atom stereocenters. The zero-order chi connectivity index (χ0) is 19.3. The van der Waals surface area contributed by atoms with E-state index in [0.717, 1.165) is 28.9 Å². The molecule has 26 heavy (non-hydrogen) atoms. The van der Waals surface area contributed by atoms with E-state index in [1.807, 2.05) is 45.0 Å². The van der Waals surface area contributed by atoms with Crippen LogP contribution in [0.4, 0.5) is 5.69 Å². The Balaban J connectivity index is 2.19. The lowest BCUT2D eigenvalue weighted by Gasteiger charge is -2.18. The van der Waals surface area contributed by atoms with Crippen LogP contribution < -0.4 is 5.32 Å². The largest absolute Gasteiger partial charge is 0.325 e. The first-order chi connectivity index (χ1) is 12.4. The third kappa shape index (κ3) is 4.64. The highest BCUT2D eigenvalue weighted by Gasteiger charge is 2.20. The van der Waals surface area contributed by atoms with Gasteiger partial charge in [0.15, 0.2) is 0 Å². The van der Waals surface area contributed by atoms with Gasteiger partial charge >= 0.3 is 0 Å². The number of nitriles is 1. The third-order valence-electron chi connectivity index (χ3n) is 4.44. The quantitative estimate of drug-likeness (QED) is 0.712. The van der Waals surface area contributed by atoms with Crippen LogP contribution in [-0.4, -0.2) is 16.1 Å². The minimum Gasteiger partial charge on any atom is -0.325 e. The normalized spacial score (nSPS) is 12.9. The number of carbonyl (C=O) groups excluding carboxylic acids is 1. The Kier molecular flexibility index (Phi) is 6.82. The number of aromatic nitrogens is 1. The lowest BCUT2D eigenvalue weighted by atomic mass is 9.97. The molecule has 0 saturated carbocycles. The van der Waals surface area contributed by atoms with Gasteiger partial charge in [-0.1, -0.05) is 43.8 Å². The fraction of sp³-hybridized carbons (Fsp3) is 0.381. The second kappa shape index (κ2) is 8.86. The summed E-state index contributed by atoms with van der Waals surface area (Å²) in [4.78, 5) is 17.2. The molecule has 0 bridgehead atoms. The van der Waals surface area contributed by atoms with E-state index in [1.54, 1.807) is 0 Å². The fourth-order valence-electron chi connectivity index (χ4n) is 2.74. The number of hydrogen-bond acceptors (Lipinski definition) is 4. The lowest BCUT2D eigenvalue weighted by molar-refractivity contribution is -0.115. The van der Waals surface area contributed by atoms with E-state index in [-0.39, 0.29) is 11.2 Å². The number of aryl methyl sites for hydroxylation is 2. The molecule has 2 rings (SSSR count). The molecule has 0 fully saturated rings. The summed E-state index contributed by atoms with van der Waals surface area (Å²) >= 11 is 1.32. The number of carbonyl (C=O) groups is 1. The molecule has 1 heterocycles. The van der Waals surface area contributed by atoms with Crippen molar-refractivity contribution in [2.75, 3.05) is 5.32 Å². The van der Waals surface area contributed by atoms with E-state index in [1.165, 1.54) is 11.8 Å². The highest BCUT2D eigenvalue weighted by Crippen LogP contribution is 2.30. The van der Waals surface area contributed by atoms with Gasteiger partial charge in [0.05, 0.1) is 10.8 Å². The van der Waals surface area contributed by atoms with Crippen molar-refractivity contribution < 1.29 is 4.79 Å². The number of anilines is 1. The Labute approximate surface area is 160 Å². The number of hydrogen-bond donors (Lipinski definition) is 1. The Morgan fingerprint density at radius 1 is 1.31 bits per heavy atom. The molecule has 2 aromatic rings. The van der Waals surface area contributed by atoms with Crippen LogP contribution in [0, 0.1) is 25.2 Å². The van der Waals surface area contributed by atoms with Crippen molar-refractivity contribution >= 4 is 23.4 Å². The number of thioether (sulfide) groups is 1. The fourth-order valence-corrected chi connectivity index (χ4v) is 3.76. The van der Waals surface area contributed by atoms with Crippen LogP contribution in [0.25, 0.3) is 0 Å². The van der Waals surface area contributed by atoms with Crippen molar-refractivity contribution in [3.05, 3.63) is 52.7 Å². The first-order valence-corrected chi connectivity index (χ1v) is 9.70. The van der Waals surface area contributed by atoms with Crippen LogP contribution in [0.5, 0.6) is 0 Å². The highest BCUT2D eigenvalue weighted by molar-refractivity contribution is 8.00. The van der Waals surface area contributed by atoms with Crippen LogP contribution in [0.3, 0.4) is 0 Å². The topological polar surface area (TPSA) is 65.8 Å². The van der Waals surface area contributed by atoms with E-state index in [9.17, 15) is 10.1 Å². The lowest BCUT2D eigenvalue weighted by Crippen LogP contribution is -2.23. The summed E-state index contributed by atoms with van der Waals surface area (Å²) in [6, 6.07) is 12.0. The van der Waals surface area contributed by atoms with Crippen molar-refractivity contribution in [1.29, 1.82) is 5.26 Å². The Hall–Kier alpha value is -2.32. The average molecular weight is 368 g/mol. The van der Waals surface area contributed by atoms with Crippen LogP contribution in [0.2, 0.25) is 0 Å². The highest BCUT2D eigenvalue weighted by atomic mass is 32.2. The molecular weight excluding hydrogens is 342 g/mol. The summed E-state index contributed by atoms with van der Waals surface area (Å²) in [6.45, 7) is 9.92. The van der Waals surface area contributed by atoms with Crippen LogP contribution in [-0.2, 0) is 4.79 Å². The number of amides is 1. The summed E-state index contributed by atoms with van der Waals surface area (Å²) in [5.74, 6) is 0.288. The van der Waals surface area contributed by atoms with E-state index < -0.39 is 0 Å². The number of nitrogens with zero attached hydrogens (tertiary/aromatic N) is 2. The van der Waals surface area contributed by atoms with Gasteiger partial charge in [0.1, 0.15) is 11.1 Å². The van der Waals surface area contributed by atoms with Gasteiger partial charge in [-0.2, -0.15) is 5.26 Å². The summed E-state index contributed by atoms with van der Waals surface area (Å²) in [7, 11) is 0. The molecule has 1 aromatic heterocycles. The number of pyridine rings is 1. The van der Waals surface area contributed by atoms with Gasteiger partial charge < -0.3 is 5.32 Å². The van der Waals surface area contributed by atoms with Gasteiger partial charge in [-0.3, -0.25) is 4.79 Å². The minimum absolute atomic E-state index is 0.0874. The second-order valence-corrected chi connectivity index (χ2v) is 7.85. The smallest absolute Gasteiger partial charge is 0.237 e. The van der Waals surface area contributed by atoms with Gasteiger partial charge in [-0.15, -0.1) is 0 Å². The number of rotatable bonds is 6. The molecule has 136 valence electrons. The summed E-state index contributed by atoms with van der Waals surface area (Å²) in [6.07, 6.45) is 1.01. The van der Waals surface area contributed by atoms with Crippen molar-refractivity contribution in [2.45, 2.75) is 57.2 Å². The van der Waals surface area contributed by atoms with Crippen molar-refractivity contribution in [3.8, 4) is 6.07 Å². The van der Waals surface area contributed by atoms with Gasteiger partial charge in [-0.25, -0.2) is 4.98 Å². The summed E-state index contributed by atoms with van der Waals surface area (Å²) in [5, 5.41) is 12.7. The van der Waals surface area contributed by atoms with Crippen molar-refractivity contribution in [3.63, 3.8) is 0 Å². The minimum atomic E-state index is -0.360. The van der Waals surface area contributed by atoms with Crippen LogP contribution in [0.15, 0.2) is 35.4 Å². The standard InChI is InChI=1S/C21H25N3OS/c1-6-13(2)17-9-7-8-10-19(17)24-20(25)16(5)26-21-18(12-22)14(3)11-15(4)23-21/h7-11,13,16H,6H2,1-5H3,(H,24,25). The molecule has 2 atom stereocenters. The maximum atomic E-state index is 12.7. The first kappa shape index (κ1) is 20.0. The Morgan fingerprint density at radius 2 is 2.00 bits per heavy atom. The third-order valence-corrected chi connectivity index (χ3v) is 5.53. The molecule has 0 radical (unpaired) electrons. The van der Waals surface area contributed by atoms with Crippen molar-refractivity contribution in [2.24, 2.45) is 0 Å². The van der Waals surface area contributed by atoms with E-state index in [2.05, 4.69) is 36.3 Å².